The predicted molar refractivity (Wildman–Crippen MR) is 108 cm³/mol. The average Bonchev–Trinajstić information content (AvgIpc) is 2.59. The molecule has 144 valence electrons. The van der Waals surface area contributed by atoms with Crippen molar-refractivity contribution in [2.24, 2.45) is 0 Å². The maximum Gasteiger partial charge on any atom is 0.350 e. The minimum Gasteiger partial charge on any atom is -0.370 e. The SMILES string of the molecule is CCCCCCC(C)(CCCCC)n1ccc(NCCCC)nc1=O. The standard InChI is InChI=1S/C21H39N3O/c1-5-8-11-13-16-21(4,15-12-9-6-2)24-18-14-19(23-20(24)25)22-17-10-7-3/h14,18H,5-13,15-17H2,1-4H3,(H,22,23,25). The van der Waals surface area contributed by atoms with Crippen LogP contribution in [0, 0.1) is 0 Å². The van der Waals surface area contributed by atoms with Gasteiger partial charge in [0.15, 0.2) is 0 Å². The van der Waals surface area contributed by atoms with Crippen LogP contribution >= 0.6 is 0 Å². The fourth-order valence-corrected chi connectivity index (χ4v) is 3.36. The van der Waals surface area contributed by atoms with E-state index < -0.39 is 0 Å². The number of hydrogen-bond donors (Lipinski definition) is 1. The van der Waals surface area contributed by atoms with Gasteiger partial charge in [0.2, 0.25) is 0 Å². The van der Waals surface area contributed by atoms with Crippen molar-refractivity contribution in [3.8, 4) is 0 Å². The van der Waals surface area contributed by atoms with Gasteiger partial charge in [-0.3, -0.25) is 4.57 Å². The third-order valence-electron chi connectivity index (χ3n) is 5.11. The lowest BCUT2D eigenvalue weighted by Crippen LogP contribution is -2.40. The second-order valence-corrected chi connectivity index (χ2v) is 7.51. The van der Waals surface area contributed by atoms with Crippen molar-refractivity contribution in [3.63, 3.8) is 0 Å². The lowest BCUT2D eigenvalue weighted by atomic mass is 9.88. The molecule has 0 bridgehead atoms. The summed E-state index contributed by atoms with van der Waals surface area (Å²) in [7, 11) is 0. The Kier molecular flexibility index (Phi) is 10.5. The Bertz CT molecular complexity index is 526. The zero-order chi connectivity index (χ0) is 18.5. The van der Waals surface area contributed by atoms with Crippen LogP contribution in [-0.2, 0) is 5.54 Å². The molecule has 4 nitrogen and oxygen atoms in total. The van der Waals surface area contributed by atoms with E-state index >= 15 is 0 Å². The number of nitrogens with one attached hydrogen (secondary N) is 1. The van der Waals surface area contributed by atoms with Gasteiger partial charge in [0.25, 0.3) is 0 Å². The van der Waals surface area contributed by atoms with Crippen LogP contribution in [0.1, 0.15) is 98.3 Å². The summed E-state index contributed by atoms with van der Waals surface area (Å²) < 4.78 is 1.89. The van der Waals surface area contributed by atoms with Crippen LogP contribution in [0.25, 0.3) is 0 Å². The number of rotatable bonds is 14. The van der Waals surface area contributed by atoms with E-state index in [4.69, 9.17) is 0 Å². The second kappa shape index (κ2) is 12.1. The van der Waals surface area contributed by atoms with Gasteiger partial charge in [-0.05, 0) is 32.3 Å². The highest BCUT2D eigenvalue weighted by atomic mass is 16.1. The third-order valence-corrected chi connectivity index (χ3v) is 5.11. The summed E-state index contributed by atoms with van der Waals surface area (Å²) >= 11 is 0. The summed E-state index contributed by atoms with van der Waals surface area (Å²) in [6.45, 7) is 9.73. The first-order chi connectivity index (χ1) is 12.1. The van der Waals surface area contributed by atoms with Crippen LogP contribution in [-0.4, -0.2) is 16.1 Å². The number of aromatic nitrogens is 2. The van der Waals surface area contributed by atoms with Gasteiger partial charge in [0.1, 0.15) is 5.82 Å². The number of anilines is 1. The van der Waals surface area contributed by atoms with Crippen LogP contribution in [0.15, 0.2) is 17.1 Å². The van der Waals surface area contributed by atoms with E-state index in [1.807, 2.05) is 16.8 Å². The Morgan fingerprint density at radius 3 is 2.16 bits per heavy atom. The third kappa shape index (κ3) is 7.62. The van der Waals surface area contributed by atoms with Crippen LogP contribution in [0.3, 0.4) is 0 Å². The van der Waals surface area contributed by atoms with Crippen molar-refractivity contribution in [1.29, 1.82) is 0 Å². The zero-order valence-corrected chi connectivity index (χ0v) is 16.9. The maximum absolute atomic E-state index is 12.7. The van der Waals surface area contributed by atoms with E-state index in [9.17, 15) is 4.79 Å². The van der Waals surface area contributed by atoms with E-state index in [-0.39, 0.29) is 11.2 Å². The molecular formula is C21H39N3O. The van der Waals surface area contributed by atoms with Crippen molar-refractivity contribution >= 4 is 5.82 Å². The molecule has 1 aromatic heterocycles. The Labute approximate surface area is 154 Å². The zero-order valence-electron chi connectivity index (χ0n) is 16.9. The fraction of sp³-hybridized carbons (Fsp3) is 0.810. The van der Waals surface area contributed by atoms with E-state index in [1.54, 1.807) is 0 Å². The maximum atomic E-state index is 12.7. The number of nitrogens with zero attached hydrogens (tertiary/aromatic N) is 2. The van der Waals surface area contributed by atoms with E-state index in [0.717, 1.165) is 32.2 Å². The van der Waals surface area contributed by atoms with Crippen molar-refractivity contribution in [3.05, 3.63) is 22.7 Å². The minimum absolute atomic E-state index is 0.115. The molecule has 1 rings (SSSR count). The number of hydrogen-bond acceptors (Lipinski definition) is 3. The van der Waals surface area contributed by atoms with Gasteiger partial charge >= 0.3 is 5.69 Å². The quantitative estimate of drug-likeness (QED) is 0.437. The van der Waals surface area contributed by atoms with Crippen molar-refractivity contribution < 1.29 is 0 Å². The Morgan fingerprint density at radius 2 is 1.56 bits per heavy atom. The predicted octanol–water partition coefficient (Wildman–Crippen LogP) is 5.72. The molecule has 4 heteroatoms. The molecule has 0 amide bonds. The average molecular weight is 350 g/mol. The molecule has 0 saturated heterocycles. The topological polar surface area (TPSA) is 46.9 Å². The van der Waals surface area contributed by atoms with Crippen molar-refractivity contribution in [2.75, 3.05) is 11.9 Å². The molecule has 1 N–H and O–H groups in total. The molecule has 0 saturated carbocycles. The largest absolute Gasteiger partial charge is 0.370 e. The first-order valence-corrected chi connectivity index (χ1v) is 10.4. The monoisotopic (exact) mass is 349 g/mol. The summed E-state index contributed by atoms with van der Waals surface area (Å²) in [4.78, 5) is 16.9. The fourth-order valence-electron chi connectivity index (χ4n) is 3.36. The lowest BCUT2D eigenvalue weighted by Gasteiger charge is -2.32. The molecule has 25 heavy (non-hydrogen) atoms. The molecule has 0 aliphatic carbocycles. The van der Waals surface area contributed by atoms with Crippen LogP contribution in [0.5, 0.6) is 0 Å². The normalized spacial score (nSPS) is 13.6. The second-order valence-electron chi connectivity index (χ2n) is 7.51. The Balaban J connectivity index is 2.86. The summed E-state index contributed by atoms with van der Waals surface area (Å²) in [6, 6.07) is 1.96. The van der Waals surface area contributed by atoms with Crippen molar-refractivity contribution in [1.82, 2.24) is 9.55 Å². The first-order valence-electron chi connectivity index (χ1n) is 10.4. The molecule has 1 unspecified atom stereocenters. The summed E-state index contributed by atoms with van der Waals surface area (Å²) in [5.41, 5.74) is -0.231. The molecular weight excluding hydrogens is 310 g/mol. The summed E-state index contributed by atoms with van der Waals surface area (Å²) in [5.74, 6) is 0.705. The molecule has 0 aliphatic rings. The highest BCUT2D eigenvalue weighted by Crippen LogP contribution is 2.29. The Morgan fingerprint density at radius 1 is 0.960 bits per heavy atom. The van der Waals surface area contributed by atoms with Crippen molar-refractivity contribution in [2.45, 2.75) is 104 Å². The molecule has 1 aromatic rings. The van der Waals surface area contributed by atoms with Gasteiger partial charge in [0.05, 0.1) is 0 Å². The van der Waals surface area contributed by atoms with Gasteiger partial charge < -0.3 is 5.32 Å². The highest BCUT2D eigenvalue weighted by molar-refractivity contribution is 5.31. The highest BCUT2D eigenvalue weighted by Gasteiger charge is 2.26. The smallest absolute Gasteiger partial charge is 0.350 e. The molecule has 0 fully saturated rings. The summed E-state index contributed by atoms with van der Waals surface area (Å²) in [5, 5.41) is 3.25. The number of unbranched alkanes of at least 4 members (excludes halogenated alkanes) is 6. The van der Waals surface area contributed by atoms with Gasteiger partial charge in [-0.2, -0.15) is 4.98 Å². The summed E-state index contributed by atoms with van der Waals surface area (Å²) in [6.07, 6.45) is 14.8. The molecule has 1 heterocycles. The van der Waals surface area contributed by atoms with Gasteiger partial charge in [-0.15, -0.1) is 0 Å². The molecule has 0 aliphatic heterocycles. The van der Waals surface area contributed by atoms with Gasteiger partial charge in [-0.25, -0.2) is 4.79 Å². The molecule has 0 radical (unpaired) electrons. The van der Waals surface area contributed by atoms with Gasteiger partial charge in [-0.1, -0.05) is 72.1 Å². The molecule has 0 aromatic carbocycles. The molecule has 0 spiro atoms. The minimum atomic E-state index is -0.116. The van der Waals surface area contributed by atoms with Crippen LogP contribution in [0.2, 0.25) is 0 Å². The molecule has 1 atom stereocenters. The lowest BCUT2D eigenvalue weighted by molar-refractivity contribution is 0.241. The van der Waals surface area contributed by atoms with E-state index in [2.05, 4.69) is 38.0 Å². The van der Waals surface area contributed by atoms with Crippen LogP contribution < -0.4 is 11.0 Å². The van der Waals surface area contributed by atoms with Gasteiger partial charge in [0, 0.05) is 18.3 Å². The van der Waals surface area contributed by atoms with E-state index in [0.29, 0.717) is 5.82 Å². The first kappa shape index (κ1) is 21.7. The van der Waals surface area contributed by atoms with E-state index in [1.165, 1.54) is 44.9 Å². The Hall–Kier alpha value is -1.32. The van der Waals surface area contributed by atoms with Crippen LogP contribution in [0.4, 0.5) is 5.82 Å².